The van der Waals surface area contributed by atoms with E-state index in [-0.39, 0.29) is 5.91 Å². The highest BCUT2D eigenvalue weighted by atomic mass is 16.2. The largest absolute Gasteiger partial charge is 0.341 e. The predicted octanol–water partition coefficient (Wildman–Crippen LogP) is 2.57. The van der Waals surface area contributed by atoms with Crippen LogP contribution < -0.4 is 0 Å². The number of hydrogen-bond donors (Lipinski definition) is 0. The van der Waals surface area contributed by atoms with Gasteiger partial charge >= 0.3 is 0 Å². The Labute approximate surface area is 98.4 Å². The van der Waals surface area contributed by atoms with Gasteiger partial charge in [0.15, 0.2) is 0 Å². The molecule has 0 aromatic heterocycles. The second kappa shape index (κ2) is 5.34. The molecule has 0 aromatic rings. The lowest BCUT2D eigenvalue weighted by Crippen LogP contribution is -2.40. The molecule has 0 radical (unpaired) electrons. The van der Waals surface area contributed by atoms with E-state index in [0.29, 0.717) is 12.3 Å². The number of carbonyl (C=O) groups excluding carboxylic acids is 1. The van der Waals surface area contributed by atoms with Crippen LogP contribution >= 0.6 is 0 Å². The Hall–Kier alpha value is -1.04. The summed E-state index contributed by atoms with van der Waals surface area (Å²) in [6.45, 7) is 7.52. The van der Waals surface area contributed by atoms with Gasteiger partial charge in [0.1, 0.15) is 5.41 Å². The maximum Gasteiger partial charge on any atom is 0.242 e. The van der Waals surface area contributed by atoms with E-state index in [0.717, 1.165) is 19.5 Å². The van der Waals surface area contributed by atoms with Gasteiger partial charge in [0.2, 0.25) is 5.91 Å². The Morgan fingerprint density at radius 2 is 2.25 bits per heavy atom. The Morgan fingerprint density at radius 1 is 1.56 bits per heavy atom. The minimum absolute atomic E-state index is 0.0242. The second-order valence-corrected chi connectivity index (χ2v) is 4.99. The van der Waals surface area contributed by atoms with Crippen molar-refractivity contribution < 1.29 is 4.79 Å². The molecule has 1 rings (SSSR count). The molecule has 1 saturated heterocycles. The molecule has 0 N–H and O–H groups in total. The first kappa shape index (κ1) is 13.0. The molecule has 1 amide bonds. The third-order valence-corrected chi connectivity index (χ3v) is 3.70. The minimum Gasteiger partial charge on any atom is -0.341 e. The van der Waals surface area contributed by atoms with E-state index in [1.165, 1.54) is 12.8 Å². The van der Waals surface area contributed by atoms with Crippen molar-refractivity contribution in [1.82, 2.24) is 4.90 Å². The standard InChI is InChI=1S/C13H22N2O/c1-4-6-11-7-8-15(9-11)12(16)13(3,5-2)10-14/h11H,4-9H2,1-3H3. The molecule has 0 bridgehead atoms. The number of carbonyl (C=O) groups is 1. The molecule has 0 aromatic carbocycles. The van der Waals surface area contributed by atoms with Crippen LogP contribution in [0.2, 0.25) is 0 Å². The molecule has 0 aliphatic carbocycles. The van der Waals surface area contributed by atoms with Crippen molar-refractivity contribution in [3.05, 3.63) is 0 Å². The molecule has 2 unspecified atom stereocenters. The van der Waals surface area contributed by atoms with Gasteiger partial charge in [-0.15, -0.1) is 0 Å². The predicted molar refractivity (Wildman–Crippen MR) is 63.6 cm³/mol. The van der Waals surface area contributed by atoms with Crippen molar-refractivity contribution >= 4 is 5.91 Å². The van der Waals surface area contributed by atoms with E-state index in [1.54, 1.807) is 6.92 Å². The summed E-state index contributed by atoms with van der Waals surface area (Å²) in [5.41, 5.74) is -0.818. The van der Waals surface area contributed by atoms with Gasteiger partial charge in [0.05, 0.1) is 6.07 Å². The van der Waals surface area contributed by atoms with Gasteiger partial charge in [0.25, 0.3) is 0 Å². The number of likely N-dealkylation sites (tertiary alicyclic amines) is 1. The van der Waals surface area contributed by atoms with Crippen LogP contribution in [0.1, 0.15) is 46.5 Å². The van der Waals surface area contributed by atoms with Gasteiger partial charge < -0.3 is 4.90 Å². The fourth-order valence-electron chi connectivity index (χ4n) is 2.29. The molecule has 3 heteroatoms. The van der Waals surface area contributed by atoms with Crippen molar-refractivity contribution in [3.8, 4) is 6.07 Å². The number of hydrogen-bond acceptors (Lipinski definition) is 2. The Morgan fingerprint density at radius 3 is 2.75 bits per heavy atom. The molecule has 2 atom stereocenters. The molecule has 0 spiro atoms. The SMILES string of the molecule is CCCC1CCN(C(=O)C(C)(C#N)CC)C1. The fourth-order valence-corrected chi connectivity index (χ4v) is 2.29. The Kier molecular flexibility index (Phi) is 4.35. The average Bonchev–Trinajstić information content (AvgIpc) is 2.76. The highest BCUT2D eigenvalue weighted by Gasteiger charge is 2.37. The molecule has 0 saturated carbocycles. The normalized spacial score (nSPS) is 23.9. The quantitative estimate of drug-likeness (QED) is 0.733. The van der Waals surface area contributed by atoms with Crippen LogP contribution in [0.5, 0.6) is 0 Å². The molecular weight excluding hydrogens is 200 g/mol. The summed E-state index contributed by atoms with van der Waals surface area (Å²) >= 11 is 0. The van der Waals surface area contributed by atoms with Crippen LogP contribution in [0.25, 0.3) is 0 Å². The van der Waals surface area contributed by atoms with E-state index < -0.39 is 5.41 Å². The average molecular weight is 222 g/mol. The molecule has 1 aliphatic rings. The summed E-state index contributed by atoms with van der Waals surface area (Å²) in [7, 11) is 0. The highest BCUT2D eigenvalue weighted by Crippen LogP contribution is 2.28. The van der Waals surface area contributed by atoms with Crippen molar-refractivity contribution in [1.29, 1.82) is 5.26 Å². The first-order valence-corrected chi connectivity index (χ1v) is 6.28. The fraction of sp³-hybridized carbons (Fsp3) is 0.846. The summed E-state index contributed by atoms with van der Waals surface area (Å²) in [4.78, 5) is 14.1. The molecule has 16 heavy (non-hydrogen) atoms. The van der Waals surface area contributed by atoms with E-state index in [4.69, 9.17) is 5.26 Å². The zero-order chi connectivity index (χ0) is 12.2. The maximum atomic E-state index is 12.2. The highest BCUT2D eigenvalue weighted by molar-refractivity contribution is 5.85. The minimum atomic E-state index is -0.818. The maximum absolute atomic E-state index is 12.2. The molecule has 3 nitrogen and oxygen atoms in total. The van der Waals surface area contributed by atoms with Crippen LogP contribution in [0.4, 0.5) is 0 Å². The van der Waals surface area contributed by atoms with E-state index in [2.05, 4.69) is 13.0 Å². The first-order chi connectivity index (χ1) is 7.57. The summed E-state index contributed by atoms with van der Waals surface area (Å²) in [5, 5.41) is 9.09. The van der Waals surface area contributed by atoms with Gasteiger partial charge in [-0.05, 0) is 32.1 Å². The lowest BCUT2D eigenvalue weighted by Gasteiger charge is -2.25. The summed E-state index contributed by atoms with van der Waals surface area (Å²) in [6, 6.07) is 2.16. The molecular formula is C13H22N2O. The van der Waals surface area contributed by atoms with Crippen molar-refractivity contribution in [2.75, 3.05) is 13.1 Å². The summed E-state index contributed by atoms with van der Waals surface area (Å²) in [5.74, 6) is 0.671. The van der Waals surface area contributed by atoms with Gasteiger partial charge in [-0.3, -0.25) is 4.79 Å². The van der Waals surface area contributed by atoms with E-state index in [1.807, 2.05) is 11.8 Å². The summed E-state index contributed by atoms with van der Waals surface area (Å²) in [6.07, 6.45) is 4.07. The van der Waals surface area contributed by atoms with E-state index >= 15 is 0 Å². The van der Waals surface area contributed by atoms with E-state index in [9.17, 15) is 4.79 Å². The topological polar surface area (TPSA) is 44.1 Å². The van der Waals surface area contributed by atoms with Crippen LogP contribution in [0.3, 0.4) is 0 Å². The first-order valence-electron chi connectivity index (χ1n) is 6.28. The van der Waals surface area contributed by atoms with Gasteiger partial charge in [-0.25, -0.2) is 0 Å². The number of rotatable bonds is 4. The number of amides is 1. The van der Waals surface area contributed by atoms with Crippen LogP contribution in [-0.2, 0) is 4.79 Å². The molecule has 90 valence electrons. The van der Waals surface area contributed by atoms with Crippen LogP contribution in [0.15, 0.2) is 0 Å². The Bertz CT molecular complexity index is 295. The number of nitrogens with zero attached hydrogens (tertiary/aromatic N) is 2. The zero-order valence-corrected chi connectivity index (χ0v) is 10.6. The monoisotopic (exact) mass is 222 g/mol. The third-order valence-electron chi connectivity index (χ3n) is 3.70. The lowest BCUT2D eigenvalue weighted by molar-refractivity contribution is -0.137. The van der Waals surface area contributed by atoms with Crippen LogP contribution in [0, 0.1) is 22.7 Å². The summed E-state index contributed by atoms with van der Waals surface area (Å²) < 4.78 is 0. The van der Waals surface area contributed by atoms with Crippen molar-refractivity contribution in [2.24, 2.45) is 11.3 Å². The molecule has 1 fully saturated rings. The Balaban J connectivity index is 2.61. The smallest absolute Gasteiger partial charge is 0.242 e. The molecule has 1 heterocycles. The third kappa shape index (κ3) is 2.55. The molecule has 1 aliphatic heterocycles. The van der Waals surface area contributed by atoms with Crippen molar-refractivity contribution in [3.63, 3.8) is 0 Å². The van der Waals surface area contributed by atoms with Gasteiger partial charge in [-0.2, -0.15) is 5.26 Å². The van der Waals surface area contributed by atoms with Crippen molar-refractivity contribution in [2.45, 2.75) is 46.5 Å². The second-order valence-electron chi connectivity index (χ2n) is 4.99. The lowest BCUT2D eigenvalue weighted by atomic mass is 9.88. The zero-order valence-electron chi connectivity index (χ0n) is 10.6. The van der Waals surface area contributed by atoms with Gasteiger partial charge in [0, 0.05) is 13.1 Å². The van der Waals surface area contributed by atoms with Crippen LogP contribution in [-0.4, -0.2) is 23.9 Å². The number of nitriles is 1. The van der Waals surface area contributed by atoms with Gasteiger partial charge in [-0.1, -0.05) is 20.3 Å².